The molecule has 0 bridgehead atoms. The van der Waals surface area contributed by atoms with Crippen molar-refractivity contribution in [3.8, 4) is 28.4 Å². The van der Waals surface area contributed by atoms with Crippen LogP contribution in [-0.4, -0.2) is 49.3 Å². The Hall–Kier alpha value is -3.77. The fourth-order valence-electron chi connectivity index (χ4n) is 4.86. The number of nitrogens with one attached hydrogen (secondary N) is 1. The van der Waals surface area contributed by atoms with Crippen LogP contribution in [0.5, 0.6) is 17.2 Å². The van der Waals surface area contributed by atoms with Gasteiger partial charge in [0.1, 0.15) is 17.2 Å². The first-order valence-corrected chi connectivity index (χ1v) is 12.4. The number of methoxy groups -OCH3 is 2. The highest BCUT2D eigenvalue weighted by atomic mass is 16.5. The van der Waals surface area contributed by atoms with E-state index in [9.17, 15) is 9.90 Å². The summed E-state index contributed by atoms with van der Waals surface area (Å²) < 4.78 is 10.9. The van der Waals surface area contributed by atoms with Crippen LogP contribution in [0.25, 0.3) is 16.7 Å². The number of aromatic hydroxyl groups is 1. The summed E-state index contributed by atoms with van der Waals surface area (Å²) in [7, 11) is 3.27. The Bertz CT molecular complexity index is 1270. The third-order valence-electron chi connectivity index (χ3n) is 6.88. The fourth-order valence-corrected chi connectivity index (χ4v) is 4.86. The van der Waals surface area contributed by atoms with Gasteiger partial charge in [0, 0.05) is 30.8 Å². The van der Waals surface area contributed by atoms with Crippen molar-refractivity contribution in [1.29, 1.82) is 0 Å². The van der Waals surface area contributed by atoms with E-state index in [0.29, 0.717) is 13.1 Å². The molecule has 0 unspecified atom stereocenters. The van der Waals surface area contributed by atoms with Gasteiger partial charge in [-0.3, -0.25) is 4.79 Å². The molecule has 0 radical (unpaired) electrons. The maximum atomic E-state index is 14.0. The molecule has 186 valence electrons. The highest BCUT2D eigenvalue weighted by molar-refractivity contribution is 6.02. The number of carbonyl (C=O) groups excluding carboxylic acids is 1. The van der Waals surface area contributed by atoms with Gasteiger partial charge in [0.05, 0.1) is 14.2 Å². The molecule has 6 nitrogen and oxygen atoms in total. The second-order valence-corrected chi connectivity index (χ2v) is 9.40. The van der Waals surface area contributed by atoms with Gasteiger partial charge >= 0.3 is 0 Å². The highest BCUT2D eigenvalue weighted by Gasteiger charge is 2.35. The van der Waals surface area contributed by atoms with Gasteiger partial charge in [-0.05, 0) is 84.0 Å². The van der Waals surface area contributed by atoms with Crippen LogP contribution in [0.1, 0.15) is 30.4 Å². The Morgan fingerprint density at radius 3 is 2.28 bits per heavy atom. The van der Waals surface area contributed by atoms with Gasteiger partial charge < -0.3 is 24.8 Å². The Morgan fingerprint density at radius 2 is 1.61 bits per heavy atom. The molecule has 0 aromatic heterocycles. The van der Waals surface area contributed by atoms with E-state index < -0.39 is 0 Å². The first-order valence-electron chi connectivity index (χ1n) is 12.4. The lowest BCUT2D eigenvalue weighted by Crippen LogP contribution is -2.39. The minimum Gasteiger partial charge on any atom is -0.508 e. The molecular formula is C30H32N2O4. The van der Waals surface area contributed by atoms with Crippen molar-refractivity contribution in [1.82, 2.24) is 10.2 Å². The van der Waals surface area contributed by atoms with E-state index in [4.69, 9.17) is 9.47 Å². The lowest BCUT2D eigenvalue weighted by molar-refractivity contribution is -0.128. The molecule has 2 N–H and O–H groups in total. The van der Waals surface area contributed by atoms with Crippen LogP contribution >= 0.6 is 0 Å². The molecule has 3 aromatic rings. The standard InChI is InChI=1S/C30H32N2O4/c1-35-26-13-20(14-27(17-26)36-2)19-32(24-9-10-24)30(34)29-18-31-12-11-28(29)23-7-3-5-21(15-23)22-6-4-8-25(33)16-22/h3-8,13-17,24,31,33H,9-12,18-19H2,1-2H3. The molecule has 0 spiro atoms. The van der Waals surface area contributed by atoms with E-state index in [1.807, 2.05) is 47.4 Å². The molecule has 1 aliphatic heterocycles. The number of nitrogens with zero attached hydrogens (tertiary/aromatic N) is 1. The number of hydrogen-bond acceptors (Lipinski definition) is 5. The number of carbonyl (C=O) groups is 1. The normalized spacial score (nSPS) is 15.5. The number of phenolic OH excluding ortho intramolecular Hbond substituents is 1. The second-order valence-electron chi connectivity index (χ2n) is 9.40. The summed E-state index contributed by atoms with van der Waals surface area (Å²) in [5.74, 6) is 1.76. The van der Waals surface area contributed by atoms with Crippen molar-refractivity contribution in [3.63, 3.8) is 0 Å². The van der Waals surface area contributed by atoms with Crippen LogP contribution in [-0.2, 0) is 11.3 Å². The Morgan fingerprint density at radius 1 is 0.944 bits per heavy atom. The number of phenols is 1. The molecule has 1 aliphatic carbocycles. The number of amides is 1. The van der Waals surface area contributed by atoms with Gasteiger partial charge in [0.15, 0.2) is 0 Å². The zero-order valence-corrected chi connectivity index (χ0v) is 20.8. The van der Waals surface area contributed by atoms with Gasteiger partial charge in [-0.25, -0.2) is 0 Å². The molecule has 0 atom stereocenters. The van der Waals surface area contributed by atoms with Crippen molar-refractivity contribution < 1.29 is 19.4 Å². The summed E-state index contributed by atoms with van der Waals surface area (Å²) in [5.41, 5.74) is 5.93. The molecular weight excluding hydrogens is 452 g/mol. The molecule has 1 fully saturated rings. The minimum atomic E-state index is 0.0873. The molecule has 2 aliphatic rings. The van der Waals surface area contributed by atoms with Crippen LogP contribution in [0.15, 0.2) is 72.3 Å². The predicted molar refractivity (Wildman–Crippen MR) is 141 cm³/mol. The zero-order valence-electron chi connectivity index (χ0n) is 20.8. The van der Waals surface area contributed by atoms with Crippen LogP contribution in [0.2, 0.25) is 0 Å². The molecule has 0 saturated heterocycles. The van der Waals surface area contributed by atoms with E-state index in [2.05, 4.69) is 17.4 Å². The van der Waals surface area contributed by atoms with Gasteiger partial charge in [0.25, 0.3) is 5.91 Å². The smallest absolute Gasteiger partial charge is 0.251 e. The van der Waals surface area contributed by atoms with Gasteiger partial charge in [0.2, 0.25) is 0 Å². The molecule has 1 saturated carbocycles. The maximum absolute atomic E-state index is 14.0. The quantitative estimate of drug-likeness (QED) is 0.470. The summed E-state index contributed by atoms with van der Waals surface area (Å²) in [6, 6.07) is 21.6. The summed E-state index contributed by atoms with van der Waals surface area (Å²) in [5, 5.41) is 13.3. The molecule has 5 rings (SSSR count). The number of rotatable bonds is 8. The van der Waals surface area contributed by atoms with Crippen molar-refractivity contribution in [2.24, 2.45) is 0 Å². The van der Waals surface area contributed by atoms with Crippen molar-refractivity contribution >= 4 is 11.5 Å². The van der Waals surface area contributed by atoms with E-state index in [1.165, 1.54) is 0 Å². The van der Waals surface area contributed by atoms with E-state index in [1.54, 1.807) is 26.4 Å². The van der Waals surface area contributed by atoms with Gasteiger partial charge in [-0.1, -0.05) is 30.3 Å². The zero-order chi connectivity index (χ0) is 25.1. The highest BCUT2D eigenvalue weighted by Crippen LogP contribution is 2.35. The Kier molecular flexibility index (Phi) is 6.96. The monoisotopic (exact) mass is 484 g/mol. The molecule has 1 heterocycles. The Labute approximate surface area is 212 Å². The summed E-state index contributed by atoms with van der Waals surface area (Å²) in [4.78, 5) is 16.0. The largest absolute Gasteiger partial charge is 0.508 e. The SMILES string of the molecule is COc1cc(CN(C(=O)C2=C(c3cccc(-c4cccc(O)c4)c3)CCNC2)C2CC2)cc(OC)c1. The molecule has 36 heavy (non-hydrogen) atoms. The topological polar surface area (TPSA) is 71.0 Å². The average molecular weight is 485 g/mol. The number of ether oxygens (including phenoxy) is 2. The van der Waals surface area contributed by atoms with Gasteiger partial charge in [-0.15, -0.1) is 0 Å². The minimum absolute atomic E-state index is 0.0873. The lowest BCUT2D eigenvalue weighted by Gasteiger charge is -2.28. The molecule has 6 heteroatoms. The fraction of sp³-hybridized carbons (Fsp3) is 0.300. The molecule has 3 aromatic carbocycles. The van der Waals surface area contributed by atoms with Crippen molar-refractivity contribution in [2.45, 2.75) is 31.8 Å². The molecule has 1 amide bonds. The van der Waals surface area contributed by atoms with Crippen LogP contribution < -0.4 is 14.8 Å². The van der Waals surface area contributed by atoms with Crippen molar-refractivity contribution in [2.75, 3.05) is 27.3 Å². The van der Waals surface area contributed by atoms with Crippen LogP contribution in [0.4, 0.5) is 0 Å². The maximum Gasteiger partial charge on any atom is 0.251 e. The van der Waals surface area contributed by atoms with Crippen LogP contribution in [0, 0.1) is 0 Å². The van der Waals surface area contributed by atoms with Gasteiger partial charge in [-0.2, -0.15) is 0 Å². The lowest BCUT2D eigenvalue weighted by atomic mass is 9.91. The predicted octanol–water partition coefficient (Wildman–Crippen LogP) is 5.01. The summed E-state index contributed by atoms with van der Waals surface area (Å²) in [6.07, 6.45) is 2.84. The average Bonchev–Trinajstić information content (AvgIpc) is 3.76. The summed E-state index contributed by atoms with van der Waals surface area (Å²) in [6.45, 7) is 1.89. The Balaban J connectivity index is 1.48. The first-order chi connectivity index (χ1) is 17.6. The van der Waals surface area contributed by atoms with E-state index in [-0.39, 0.29) is 17.7 Å². The van der Waals surface area contributed by atoms with E-state index >= 15 is 0 Å². The second kappa shape index (κ2) is 10.5. The van der Waals surface area contributed by atoms with Crippen LogP contribution in [0.3, 0.4) is 0 Å². The first kappa shape index (κ1) is 23.9. The summed E-state index contributed by atoms with van der Waals surface area (Å²) >= 11 is 0. The third-order valence-corrected chi connectivity index (χ3v) is 6.88. The third kappa shape index (κ3) is 5.24. The van der Waals surface area contributed by atoms with Crippen molar-refractivity contribution in [3.05, 3.63) is 83.4 Å². The number of hydrogen-bond donors (Lipinski definition) is 2. The van der Waals surface area contributed by atoms with E-state index in [0.717, 1.165) is 70.7 Å². The number of benzene rings is 3.